The molecule has 11 nitrogen and oxygen atoms in total. The molecule has 3 amide bonds. The Morgan fingerprint density at radius 3 is 2.92 bits per heavy atom. The first-order valence-electron chi connectivity index (χ1n) is 6.59. The molecule has 14 heteroatoms. The Kier molecular flexibility index (Phi) is 6.09. The molecule has 1 aromatic heterocycles. The number of carbonyl (C=O) groups excluding carboxylic acids is 2. The summed E-state index contributed by atoms with van der Waals surface area (Å²) in [4.78, 5) is 28.6. The molecule has 0 spiro atoms. The van der Waals surface area contributed by atoms with Crippen molar-refractivity contribution < 1.29 is 61.5 Å². The van der Waals surface area contributed by atoms with Crippen molar-refractivity contribution in [3.63, 3.8) is 0 Å². The zero-order valence-corrected chi connectivity index (χ0v) is 16.5. The molecular formula is C11H11N4NaO7S2. The first-order valence-corrected chi connectivity index (χ1v) is 8.77. The van der Waals surface area contributed by atoms with Crippen LogP contribution in [0.2, 0.25) is 0 Å². The third-order valence-corrected chi connectivity index (χ3v) is 4.75. The van der Waals surface area contributed by atoms with E-state index < -0.39 is 28.6 Å². The smallest absolute Gasteiger partial charge is 0.530 e. The van der Waals surface area contributed by atoms with Gasteiger partial charge in [0.1, 0.15) is 11.1 Å². The Hall–Kier alpha value is -1.22. The Morgan fingerprint density at radius 2 is 2.28 bits per heavy atom. The summed E-state index contributed by atoms with van der Waals surface area (Å²) in [5, 5.41) is 13.7. The van der Waals surface area contributed by atoms with Crippen molar-refractivity contribution in [3.8, 4) is 0 Å². The van der Waals surface area contributed by atoms with Gasteiger partial charge in [0.2, 0.25) is 0 Å². The zero-order chi connectivity index (χ0) is 17.5. The van der Waals surface area contributed by atoms with Crippen LogP contribution in [0.4, 0.5) is 9.59 Å². The van der Waals surface area contributed by atoms with E-state index in [9.17, 15) is 23.1 Å². The summed E-state index contributed by atoms with van der Waals surface area (Å²) in [6, 6.07) is -1.36. The van der Waals surface area contributed by atoms with Gasteiger partial charge in [-0.25, -0.2) is 9.78 Å². The van der Waals surface area contributed by atoms with Crippen LogP contribution in [0.15, 0.2) is 12.3 Å². The number of carbonyl (C=O) groups is 2. The van der Waals surface area contributed by atoms with E-state index in [2.05, 4.69) is 14.6 Å². The summed E-state index contributed by atoms with van der Waals surface area (Å²) in [6.07, 6.45) is 1.73. The molecule has 3 rings (SSSR count). The first-order chi connectivity index (χ1) is 11.2. The molecule has 1 fully saturated rings. The van der Waals surface area contributed by atoms with Gasteiger partial charge < -0.3 is 20.1 Å². The Bertz CT molecular complexity index is 824. The van der Waals surface area contributed by atoms with Crippen molar-refractivity contribution in [1.29, 1.82) is 0 Å². The number of amides is 3. The molecule has 3 heterocycles. The molecule has 1 aromatic rings. The van der Waals surface area contributed by atoms with Crippen molar-refractivity contribution in [2.75, 3.05) is 13.1 Å². The van der Waals surface area contributed by atoms with Crippen molar-refractivity contribution >= 4 is 39.4 Å². The molecule has 2 bridgehead atoms. The van der Waals surface area contributed by atoms with E-state index in [4.69, 9.17) is 4.55 Å². The SMILES string of the molecule is O=C([O-])NCc1cnc(C2=CC3CN(C2)C(=O)N3OS(=O)(=O)O)s1.[Na+]. The molecule has 2 aliphatic rings. The fourth-order valence-electron chi connectivity index (χ4n) is 2.43. The number of hydroxylamine groups is 2. The van der Waals surface area contributed by atoms with Crippen LogP contribution in [0.5, 0.6) is 0 Å². The molecule has 2 N–H and O–H groups in total. The molecule has 0 aliphatic carbocycles. The molecule has 2 aliphatic heterocycles. The van der Waals surface area contributed by atoms with Crippen LogP contribution in [0.1, 0.15) is 9.88 Å². The minimum absolute atomic E-state index is 0. The van der Waals surface area contributed by atoms with Gasteiger partial charge in [0.15, 0.2) is 0 Å². The van der Waals surface area contributed by atoms with Crippen molar-refractivity contribution in [2.45, 2.75) is 12.6 Å². The number of nitrogens with one attached hydrogen (secondary N) is 1. The second-order valence-corrected chi connectivity index (χ2v) is 7.14. The average molecular weight is 398 g/mol. The van der Waals surface area contributed by atoms with Gasteiger partial charge in [-0.05, 0) is 6.08 Å². The molecule has 25 heavy (non-hydrogen) atoms. The maximum atomic E-state index is 12.0. The number of rotatable bonds is 5. The zero-order valence-electron chi connectivity index (χ0n) is 12.9. The molecule has 0 radical (unpaired) electrons. The van der Waals surface area contributed by atoms with E-state index >= 15 is 0 Å². The quantitative estimate of drug-likeness (QED) is 0.374. The second kappa shape index (κ2) is 7.57. The van der Waals surface area contributed by atoms with Crippen LogP contribution >= 0.6 is 11.3 Å². The van der Waals surface area contributed by atoms with Crippen LogP contribution in [0.25, 0.3) is 5.57 Å². The number of carboxylic acid groups (broad SMARTS) is 1. The van der Waals surface area contributed by atoms with Crippen LogP contribution in [0.3, 0.4) is 0 Å². The van der Waals surface area contributed by atoms with Crippen LogP contribution < -0.4 is 40.0 Å². The van der Waals surface area contributed by atoms with Gasteiger partial charge in [0, 0.05) is 23.2 Å². The number of urea groups is 1. The molecular weight excluding hydrogens is 387 g/mol. The van der Waals surface area contributed by atoms with E-state index in [1.54, 1.807) is 6.08 Å². The van der Waals surface area contributed by atoms with Crippen molar-refractivity contribution in [3.05, 3.63) is 22.2 Å². The monoisotopic (exact) mass is 398 g/mol. The molecule has 0 saturated carbocycles. The van der Waals surface area contributed by atoms with Crippen LogP contribution in [-0.4, -0.2) is 59.2 Å². The predicted octanol–water partition coefficient (Wildman–Crippen LogP) is -4.18. The topological polar surface area (TPSA) is 152 Å². The van der Waals surface area contributed by atoms with Crippen LogP contribution in [-0.2, 0) is 21.2 Å². The van der Waals surface area contributed by atoms with E-state index in [-0.39, 0.29) is 49.2 Å². The van der Waals surface area contributed by atoms with Gasteiger partial charge in [-0.3, -0.25) is 4.55 Å². The summed E-state index contributed by atoms with van der Waals surface area (Å²) in [7, 11) is -4.81. The largest absolute Gasteiger partial charge is 1.00 e. The normalized spacial score (nSPS) is 19.5. The van der Waals surface area contributed by atoms with Crippen molar-refractivity contribution in [2.24, 2.45) is 0 Å². The van der Waals surface area contributed by atoms with E-state index in [0.29, 0.717) is 20.5 Å². The number of hydrogen-bond acceptors (Lipinski definition) is 8. The number of aromatic nitrogens is 1. The molecule has 1 unspecified atom stereocenters. The fourth-order valence-corrected chi connectivity index (χ4v) is 3.67. The molecule has 0 aromatic carbocycles. The maximum Gasteiger partial charge on any atom is 1.00 e. The van der Waals surface area contributed by atoms with E-state index in [0.717, 1.165) is 0 Å². The van der Waals surface area contributed by atoms with Gasteiger partial charge >= 0.3 is 46.0 Å². The van der Waals surface area contributed by atoms with Crippen molar-refractivity contribution in [1.82, 2.24) is 20.3 Å². The average Bonchev–Trinajstić information content (AvgIpc) is 3.04. The summed E-state index contributed by atoms with van der Waals surface area (Å²) in [5.41, 5.74) is 0.672. The van der Waals surface area contributed by atoms with Gasteiger partial charge in [-0.2, -0.15) is 13.5 Å². The molecule has 1 saturated heterocycles. The summed E-state index contributed by atoms with van der Waals surface area (Å²) >= 11 is 1.23. The van der Waals surface area contributed by atoms with Crippen LogP contribution in [0, 0.1) is 0 Å². The third kappa shape index (κ3) is 4.69. The molecule has 1 atom stereocenters. The fraction of sp³-hybridized carbons (Fsp3) is 0.364. The van der Waals surface area contributed by atoms with Gasteiger partial charge in [-0.1, -0.05) is 0 Å². The number of fused-ring (bicyclic) bond motifs is 2. The van der Waals surface area contributed by atoms with Gasteiger partial charge in [0.25, 0.3) is 0 Å². The van der Waals surface area contributed by atoms with Gasteiger partial charge in [-0.15, -0.1) is 15.6 Å². The number of nitrogens with zero attached hydrogens (tertiary/aromatic N) is 3. The summed E-state index contributed by atoms with van der Waals surface area (Å²) in [5.74, 6) is 0. The maximum absolute atomic E-state index is 12.0. The first kappa shape index (κ1) is 20.1. The summed E-state index contributed by atoms with van der Waals surface area (Å²) in [6.45, 7) is 0.473. The van der Waals surface area contributed by atoms with Gasteiger partial charge in [0.05, 0.1) is 19.1 Å². The molecule has 130 valence electrons. The third-order valence-electron chi connectivity index (χ3n) is 3.33. The standard InChI is InChI=1S/C11H12N4O7S2.Na/c16-10(17)13-3-8-2-12-9(23-8)6-1-7-5-14(4-6)11(18)15(7)22-24(19,20)21;/h1-2,7,13H,3-5H2,(H,16,17)(H,19,20,21);/q;+1/p-1. The minimum Gasteiger partial charge on any atom is -0.530 e. The summed E-state index contributed by atoms with van der Waals surface area (Å²) < 4.78 is 34.7. The Balaban J connectivity index is 0.00000225. The number of thiazole rings is 1. The Labute approximate surface area is 168 Å². The van der Waals surface area contributed by atoms with E-state index in [1.165, 1.54) is 22.4 Å². The van der Waals surface area contributed by atoms with E-state index in [1.807, 2.05) is 0 Å². The number of hydrogen-bond donors (Lipinski definition) is 2. The Morgan fingerprint density at radius 1 is 1.56 bits per heavy atom. The second-order valence-electron chi connectivity index (χ2n) is 5.02. The minimum atomic E-state index is -4.81. The predicted molar refractivity (Wildman–Crippen MR) is 77.6 cm³/mol.